The summed E-state index contributed by atoms with van der Waals surface area (Å²) in [5.74, 6) is 0.536. The quantitative estimate of drug-likeness (QED) is 0.142. The van der Waals surface area contributed by atoms with E-state index in [1.807, 2.05) is 37.3 Å². The van der Waals surface area contributed by atoms with Crippen molar-refractivity contribution in [1.29, 1.82) is 5.26 Å². The summed E-state index contributed by atoms with van der Waals surface area (Å²) in [5.41, 5.74) is 3.98. The van der Waals surface area contributed by atoms with Gasteiger partial charge in [-0.3, -0.25) is 9.69 Å². The van der Waals surface area contributed by atoms with Crippen molar-refractivity contribution < 1.29 is 23.8 Å². The molecule has 0 unspecified atom stereocenters. The highest BCUT2D eigenvalue weighted by atomic mass is 32.2. The molecule has 3 aromatic carbocycles. The van der Waals surface area contributed by atoms with Gasteiger partial charge in [0.1, 0.15) is 6.61 Å². The van der Waals surface area contributed by atoms with E-state index in [0.29, 0.717) is 58.0 Å². The Morgan fingerprint density at radius 2 is 1.83 bits per heavy atom. The van der Waals surface area contributed by atoms with E-state index in [-0.39, 0.29) is 12.5 Å². The molecular formula is C33H31N3O5S. The number of benzene rings is 3. The van der Waals surface area contributed by atoms with E-state index >= 15 is 0 Å². The first-order valence-corrected chi connectivity index (χ1v) is 14.2. The van der Waals surface area contributed by atoms with Crippen molar-refractivity contribution in [2.24, 2.45) is 4.99 Å². The Kier molecular flexibility index (Phi) is 10.2. The number of likely N-dealkylation sites (N-methyl/N-ethyl adjacent to an activating group) is 1. The van der Waals surface area contributed by atoms with Crippen molar-refractivity contribution >= 4 is 40.6 Å². The smallest absolute Gasteiger partial charge is 0.338 e. The minimum absolute atomic E-state index is 0.182. The number of hydrogen-bond donors (Lipinski definition) is 0. The van der Waals surface area contributed by atoms with Crippen LogP contribution in [0.3, 0.4) is 0 Å². The van der Waals surface area contributed by atoms with E-state index in [2.05, 4.69) is 17.6 Å². The summed E-state index contributed by atoms with van der Waals surface area (Å²) in [6, 6.07) is 20.0. The SMILES string of the molecule is C=CCc1cc(C=C2SC(=Nc3ccc(C(=O)OCC)cc3)N(C)C2=O)cc(OCC)c1OCc1ccccc1C#N. The molecule has 0 aliphatic carbocycles. The molecule has 1 heterocycles. The Labute approximate surface area is 249 Å². The molecule has 1 saturated heterocycles. The largest absolute Gasteiger partial charge is 0.490 e. The second-order valence-electron chi connectivity index (χ2n) is 9.13. The molecule has 8 nitrogen and oxygen atoms in total. The normalized spacial score (nSPS) is 14.6. The van der Waals surface area contributed by atoms with Crippen molar-refractivity contribution in [2.75, 3.05) is 20.3 Å². The number of esters is 1. The van der Waals surface area contributed by atoms with Crippen molar-refractivity contribution in [2.45, 2.75) is 26.9 Å². The van der Waals surface area contributed by atoms with Gasteiger partial charge < -0.3 is 14.2 Å². The molecule has 4 rings (SSSR count). The van der Waals surface area contributed by atoms with E-state index in [4.69, 9.17) is 14.2 Å². The zero-order valence-corrected chi connectivity index (χ0v) is 24.6. The Hall–Kier alpha value is -4.81. The zero-order valence-electron chi connectivity index (χ0n) is 23.8. The Morgan fingerprint density at radius 1 is 1.07 bits per heavy atom. The average molecular weight is 582 g/mol. The van der Waals surface area contributed by atoms with E-state index in [1.165, 1.54) is 16.7 Å². The summed E-state index contributed by atoms with van der Waals surface area (Å²) in [4.78, 5) is 31.7. The number of amides is 1. The average Bonchev–Trinajstić information content (AvgIpc) is 3.25. The summed E-state index contributed by atoms with van der Waals surface area (Å²) in [7, 11) is 1.67. The van der Waals surface area contributed by atoms with Gasteiger partial charge >= 0.3 is 5.97 Å². The second-order valence-corrected chi connectivity index (χ2v) is 10.1. The van der Waals surface area contributed by atoms with Crippen LogP contribution >= 0.6 is 11.8 Å². The monoisotopic (exact) mass is 581 g/mol. The van der Waals surface area contributed by atoms with Gasteiger partial charge in [-0.1, -0.05) is 24.3 Å². The van der Waals surface area contributed by atoms with Crippen molar-refractivity contribution in [3.05, 3.63) is 106 Å². The molecule has 1 aliphatic rings. The number of amidine groups is 1. The minimum atomic E-state index is -0.393. The molecule has 0 saturated carbocycles. The molecule has 1 aliphatic heterocycles. The number of aliphatic imine (C=N–C) groups is 1. The minimum Gasteiger partial charge on any atom is -0.490 e. The first-order chi connectivity index (χ1) is 20.4. The lowest BCUT2D eigenvalue weighted by atomic mass is 10.0. The van der Waals surface area contributed by atoms with Gasteiger partial charge in [-0.25, -0.2) is 9.79 Å². The number of nitrogens with zero attached hydrogens (tertiary/aromatic N) is 3. The summed E-state index contributed by atoms with van der Waals surface area (Å²) < 4.78 is 17.2. The highest BCUT2D eigenvalue weighted by molar-refractivity contribution is 8.18. The molecule has 0 bridgehead atoms. The number of hydrogen-bond acceptors (Lipinski definition) is 8. The molecule has 0 radical (unpaired) electrons. The van der Waals surface area contributed by atoms with E-state index in [9.17, 15) is 14.9 Å². The number of carbonyl (C=O) groups excluding carboxylic acids is 2. The van der Waals surface area contributed by atoms with Gasteiger partial charge in [-0.05, 0) is 86.1 Å². The number of allylic oxidation sites excluding steroid dienone is 1. The summed E-state index contributed by atoms with van der Waals surface area (Å²) >= 11 is 1.26. The highest BCUT2D eigenvalue weighted by Crippen LogP contribution is 2.38. The molecule has 1 amide bonds. The van der Waals surface area contributed by atoms with E-state index in [1.54, 1.807) is 56.5 Å². The van der Waals surface area contributed by atoms with E-state index < -0.39 is 5.97 Å². The number of rotatable bonds is 11. The van der Waals surface area contributed by atoms with Gasteiger partial charge in [0.2, 0.25) is 0 Å². The number of carbonyl (C=O) groups is 2. The number of ether oxygens (including phenoxy) is 3. The van der Waals surface area contributed by atoms with Crippen LogP contribution in [0.5, 0.6) is 11.5 Å². The molecule has 214 valence electrons. The van der Waals surface area contributed by atoms with Gasteiger partial charge in [0.25, 0.3) is 5.91 Å². The van der Waals surface area contributed by atoms with Crippen LogP contribution in [0, 0.1) is 11.3 Å². The molecule has 42 heavy (non-hydrogen) atoms. The van der Waals surface area contributed by atoms with Gasteiger partial charge in [0.15, 0.2) is 16.7 Å². The Balaban J connectivity index is 1.62. The fourth-order valence-electron chi connectivity index (χ4n) is 4.21. The first kappa shape index (κ1) is 30.2. The van der Waals surface area contributed by atoms with Gasteiger partial charge in [-0.2, -0.15) is 5.26 Å². The third kappa shape index (κ3) is 7.09. The van der Waals surface area contributed by atoms with Gasteiger partial charge in [0.05, 0.1) is 41.0 Å². The lowest BCUT2D eigenvalue weighted by molar-refractivity contribution is -0.121. The topological polar surface area (TPSA) is 101 Å². The predicted octanol–water partition coefficient (Wildman–Crippen LogP) is 6.67. The van der Waals surface area contributed by atoms with Crippen LogP contribution in [-0.2, 0) is 22.6 Å². The van der Waals surface area contributed by atoms with Crippen molar-refractivity contribution in [3.63, 3.8) is 0 Å². The maximum atomic E-state index is 13.1. The maximum absolute atomic E-state index is 13.1. The maximum Gasteiger partial charge on any atom is 0.338 e. The molecule has 1 fully saturated rings. The van der Waals surface area contributed by atoms with Crippen LogP contribution < -0.4 is 9.47 Å². The summed E-state index contributed by atoms with van der Waals surface area (Å²) in [6.45, 7) is 8.45. The van der Waals surface area contributed by atoms with E-state index in [0.717, 1.165) is 16.7 Å². The first-order valence-electron chi connectivity index (χ1n) is 13.4. The molecule has 9 heteroatoms. The third-order valence-corrected chi connectivity index (χ3v) is 7.29. The third-order valence-electron chi connectivity index (χ3n) is 6.23. The zero-order chi connectivity index (χ0) is 30.1. The standard InChI is InChI=1S/C33H31N3O5S/c1-5-10-24-17-22(18-28(39-6-2)30(24)41-21-26-12-9-8-11-25(26)20-34)19-29-31(37)36(4)33(42-29)35-27-15-13-23(14-16-27)32(38)40-7-3/h5,8-9,11-19H,1,6-7,10,21H2,2-4H3. The van der Waals surface area contributed by atoms with Crippen LogP contribution in [0.25, 0.3) is 6.08 Å². The fourth-order valence-corrected chi connectivity index (χ4v) is 5.19. The number of nitriles is 1. The molecule has 0 N–H and O–H groups in total. The van der Waals surface area contributed by atoms with Crippen LogP contribution in [0.1, 0.15) is 46.5 Å². The summed E-state index contributed by atoms with van der Waals surface area (Å²) in [6.07, 6.45) is 4.10. The van der Waals surface area contributed by atoms with Crippen LogP contribution in [0.4, 0.5) is 5.69 Å². The fraction of sp³-hybridized carbons (Fsp3) is 0.212. The Bertz CT molecular complexity index is 1590. The molecular weight excluding hydrogens is 550 g/mol. The highest BCUT2D eigenvalue weighted by Gasteiger charge is 2.30. The lowest BCUT2D eigenvalue weighted by Crippen LogP contribution is -2.23. The van der Waals surface area contributed by atoms with Crippen LogP contribution in [0.15, 0.2) is 83.2 Å². The lowest BCUT2D eigenvalue weighted by Gasteiger charge is -2.17. The second kappa shape index (κ2) is 14.2. The van der Waals surface area contributed by atoms with Crippen molar-refractivity contribution in [1.82, 2.24) is 4.90 Å². The van der Waals surface area contributed by atoms with Gasteiger partial charge in [0, 0.05) is 18.2 Å². The van der Waals surface area contributed by atoms with Crippen LogP contribution in [-0.4, -0.2) is 42.2 Å². The predicted molar refractivity (Wildman–Crippen MR) is 165 cm³/mol. The summed E-state index contributed by atoms with van der Waals surface area (Å²) in [5, 5.41) is 9.96. The molecule has 0 atom stereocenters. The number of thioether (sulfide) groups is 1. The van der Waals surface area contributed by atoms with Crippen LogP contribution in [0.2, 0.25) is 0 Å². The molecule has 0 spiro atoms. The molecule has 0 aromatic heterocycles. The van der Waals surface area contributed by atoms with Gasteiger partial charge in [-0.15, -0.1) is 6.58 Å². The van der Waals surface area contributed by atoms with Crippen molar-refractivity contribution in [3.8, 4) is 17.6 Å². The Morgan fingerprint density at radius 3 is 2.52 bits per heavy atom. The molecule has 3 aromatic rings.